The van der Waals surface area contributed by atoms with Gasteiger partial charge in [-0.2, -0.15) is 0 Å². The molecule has 0 heterocycles. The smallest absolute Gasteiger partial charge is 0.0191 e. The zero-order chi connectivity index (χ0) is 14.4. The Morgan fingerprint density at radius 3 is 2.24 bits per heavy atom. The highest BCUT2D eigenvalue weighted by Crippen LogP contribution is 2.62. The van der Waals surface area contributed by atoms with E-state index in [0.717, 1.165) is 17.8 Å². The molecule has 4 fully saturated rings. The number of halogens is 2. The normalized spacial score (nSPS) is 38.7. The largest absolute Gasteiger partial charge is 0.0887 e. The van der Waals surface area contributed by atoms with Gasteiger partial charge in [0, 0.05) is 9.30 Å². The van der Waals surface area contributed by atoms with Crippen molar-refractivity contribution in [1.82, 2.24) is 0 Å². The average Bonchev–Trinajstić information content (AvgIpc) is 2.35. The van der Waals surface area contributed by atoms with E-state index in [1.807, 2.05) is 0 Å². The molecule has 21 heavy (non-hydrogen) atoms. The zero-order valence-corrected chi connectivity index (χ0v) is 15.7. The summed E-state index contributed by atoms with van der Waals surface area (Å²) in [6.07, 6.45) is 11.8. The molecule has 0 N–H and O–H groups in total. The van der Waals surface area contributed by atoms with E-state index in [-0.39, 0.29) is 0 Å². The predicted molar refractivity (Wildman–Crippen MR) is 95.8 cm³/mol. The van der Waals surface area contributed by atoms with Crippen molar-refractivity contribution in [3.8, 4) is 0 Å². The molecule has 5 rings (SSSR count). The monoisotopic (exact) mass is 410 g/mol. The van der Waals surface area contributed by atoms with Crippen molar-refractivity contribution >= 4 is 31.9 Å². The lowest BCUT2D eigenvalue weighted by molar-refractivity contribution is -0.0569. The molecule has 0 nitrogen and oxygen atoms in total. The Bertz CT molecular complexity index is 487. The molecule has 114 valence electrons. The number of benzene rings is 1. The molecule has 1 atom stereocenters. The summed E-state index contributed by atoms with van der Waals surface area (Å²) < 4.78 is 1.20. The fourth-order valence-electron chi connectivity index (χ4n) is 6.00. The van der Waals surface area contributed by atoms with Crippen LogP contribution < -0.4 is 0 Å². The van der Waals surface area contributed by atoms with Crippen molar-refractivity contribution in [2.45, 2.75) is 56.2 Å². The van der Waals surface area contributed by atoms with Crippen molar-refractivity contribution in [2.24, 2.45) is 23.2 Å². The van der Waals surface area contributed by atoms with E-state index < -0.39 is 0 Å². The van der Waals surface area contributed by atoms with Crippen LogP contribution in [0.5, 0.6) is 0 Å². The van der Waals surface area contributed by atoms with Crippen molar-refractivity contribution in [1.29, 1.82) is 0 Å². The van der Waals surface area contributed by atoms with E-state index >= 15 is 0 Å². The topological polar surface area (TPSA) is 0 Å². The van der Waals surface area contributed by atoms with Crippen LogP contribution in [0.3, 0.4) is 0 Å². The molecule has 0 saturated heterocycles. The third-order valence-electron chi connectivity index (χ3n) is 6.17. The maximum atomic E-state index is 4.01. The van der Waals surface area contributed by atoms with Crippen molar-refractivity contribution in [2.75, 3.05) is 0 Å². The molecule has 1 unspecified atom stereocenters. The van der Waals surface area contributed by atoms with Crippen molar-refractivity contribution in [3.05, 3.63) is 34.3 Å². The van der Waals surface area contributed by atoms with Gasteiger partial charge in [0.15, 0.2) is 0 Å². The summed E-state index contributed by atoms with van der Waals surface area (Å²) in [7, 11) is 0. The maximum absolute atomic E-state index is 4.01. The molecule has 1 aromatic carbocycles. The van der Waals surface area contributed by atoms with E-state index in [4.69, 9.17) is 0 Å². The first-order valence-electron chi connectivity index (χ1n) is 8.49. The first kappa shape index (κ1) is 14.8. The van der Waals surface area contributed by atoms with E-state index in [0.29, 0.717) is 10.2 Å². The molecule has 2 heteroatoms. The fraction of sp³-hybridized carbons (Fsp3) is 0.684. The minimum absolute atomic E-state index is 0.642. The standard InChI is InChI=1S/C19H24Br2/c20-17-3-1-2-13(7-17)8-18(21)12-19-9-14-4-15(10-19)6-16(5-14)11-19/h1-3,7,14-16,18H,4-6,8-12H2. The van der Waals surface area contributed by atoms with Crippen LogP contribution >= 0.6 is 31.9 Å². The Hall–Kier alpha value is 0.180. The second-order valence-electron chi connectivity index (χ2n) is 8.05. The van der Waals surface area contributed by atoms with Crippen LogP contribution in [0.25, 0.3) is 0 Å². The van der Waals surface area contributed by atoms with Crippen LogP contribution in [-0.2, 0) is 6.42 Å². The van der Waals surface area contributed by atoms with Gasteiger partial charge in [-0.1, -0.05) is 44.0 Å². The first-order chi connectivity index (χ1) is 10.1. The molecule has 0 amide bonds. The third kappa shape index (κ3) is 3.13. The molecule has 4 saturated carbocycles. The SMILES string of the molecule is Brc1cccc(CC(Br)CC23CC4CC(CC(C4)C2)C3)c1. The highest BCUT2D eigenvalue weighted by molar-refractivity contribution is 9.10. The van der Waals surface area contributed by atoms with E-state index in [1.54, 1.807) is 19.3 Å². The van der Waals surface area contributed by atoms with Gasteiger partial charge in [-0.25, -0.2) is 0 Å². The lowest BCUT2D eigenvalue weighted by Gasteiger charge is -2.57. The third-order valence-corrected chi connectivity index (χ3v) is 7.31. The minimum atomic E-state index is 0.642. The van der Waals surface area contributed by atoms with Crippen LogP contribution in [-0.4, -0.2) is 4.83 Å². The van der Waals surface area contributed by atoms with Gasteiger partial charge >= 0.3 is 0 Å². The first-order valence-corrected chi connectivity index (χ1v) is 10.2. The van der Waals surface area contributed by atoms with Crippen molar-refractivity contribution in [3.63, 3.8) is 0 Å². The number of hydrogen-bond donors (Lipinski definition) is 0. The molecule has 0 radical (unpaired) electrons. The summed E-state index contributed by atoms with van der Waals surface area (Å²) >= 11 is 7.60. The Balaban J connectivity index is 1.43. The van der Waals surface area contributed by atoms with Crippen LogP contribution in [0.15, 0.2) is 28.7 Å². The van der Waals surface area contributed by atoms with E-state index in [9.17, 15) is 0 Å². The highest BCUT2D eigenvalue weighted by Gasteiger charge is 2.50. The van der Waals surface area contributed by atoms with Crippen LogP contribution in [0, 0.1) is 23.2 Å². The van der Waals surface area contributed by atoms with E-state index in [1.165, 1.54) is 42.1 Å². The molecule has 4 aliphatic rings. The number of rotatable bonds is 4. The van der Waals surface area contributed by atoms with Gasteiger partial charge in [0.1, 0.15) is 0 Å². The minimum Gasteiger partial charge on any atom is -0.0887 e. The Labute approximate surface area is 145 Å². The van der Waals surface area contributed by atoms with Gasteiger partial charge in [-0.3, -0.25) is 0 Å². The van der Waals surface area contributed by atoms with Gasteiger partial charge in [0.2, 0.25) is 0 Å². The molecule has 1 aromatic rings. The molecule has 0 aromatic heterocycles. The predicted octanol–water partition coefficient (Wildman–Crippen LogP) is 6.36. The summed E-state index contributed by atoms with van der Waals surface area (Å²) in [5.74, 6) is 3.21. The molecular formula is C19H24Br2. The summed E-state index contributed by atoms with van der Waals surface area (Å²) in [6, 6.07) is 8.81. The summed E-state index contributed by atoms with van der Waals surface area (Å²) in [5, 5.41) is 0. The van der Waals surface area contributed by atoms with Gasteiger partial charge in [0.05, 0.1) is 0 Å². The molecule has 0 aliphatic heterocycles. The van der Waals surface area contributed by atoms with Crippen LogP contribution in [0.1, 0.15) is 50.5 Å². The lowest BCUT2D eigenvalue weighted by Crippen LogP contribution is -2.47. The van der Waals surface area contributed by atoms with Gasteiger partial charge in [-0.05, 0) is 92.2 Å². The summed E-state index contributed by atoms with van der Waals surface area (Å²) in [6.45, 7) is 0. The molecule has 0 spiro atoms. The Morgan fingerprint density at radius 1 is 1.05 bits per heavy atom. The second-order valence-corrected chi connectivity index (χ2v) is 10.3. The van der Waals surface area contributed by atoms with Gasteiger partial charge in [0.25, 0.3) is 0 Å². The van der Waals surface area contributed by atoms with Crippen LogP contribution in [0.4, 0.5) is 0 Å². The molecule has 4 bridgehead atoms. The second kappa shape index (κ2) is 5.67. The fourth-order valence-corrected chi connectivity index (χ4v) is 7.51. The summed E-state index contributed by atoms with van der Waals surface area (Å²) in [5.41, 5.74) is 2.14. The highest BCUT2D eigenvalue weighted by atomic mass is 79.9. The van der Waals surface area contributed by atoms with E-state index in [2.05, 4.69) is 56.1 Å². The van der Waals surface area contributed by atoms with Crippen LogP contribution in [0.2, 0.25) is 0 Å². The Morgan fingerprint density at radius 2 is 1.67 bits per heavy atom. The number of hydrogen-bond acceptors (Lipinski definition) is 0. The van der Waals surface area contributed by atoms with Gasteiger partial charge < -0.3 is 0 Å². The summed E-state index contributed by atoms with van der Waals surface area (Å²) in [4.78, 5) is 0.642. The average molecular weight is 412 g/mol. The lowest BCUT2D eigenvalue weighted by atomic mass is 9.48. The van der Waals surface area contributed by atoms with Gasteiger partial charge in [-0.15, -0.1) is 0 Å². The quantitative estimate of drug-likeness (QED) is 0.505. The van der Waals surface area contributed by atoms with Crippen molar-refractivity contribution < 1.29 is 0 Å². The zero-order valence-electron chi connectivity index (χ0n) is 12.5. The number of alkyl halides is 1. The maximum Gasteiger partial charge on any atom is 0.0191 e. The Kier molecular flexibility index (Phi) is 3.98. The molecular weight excluding hydrogens is 388 g/mol. The molecule has 4 aliphatic carbocycles.